The van der Waals surface area contributed by atoms with Gasteiger partial charge in [0, 0.05) is 17.8 Å². The summed E-state index contributed by atoms with van der Waals surface area (Å²) < 4.78 is 0. The number of unbranched alkanes of at least 4 members (excludes halogenated alkanes) is 2. The molecule has 1 rings (SSSR count). The fourth-order valence-electron chi connectivity index (χ4n) is 1.56. The molecule has 1 heterocycles. The number of aryl methyl sites for hydroxylation is 1. The number of carbonyl (C=O) groups is 2. The van der Waals surface area contributed by atoms with Crippen LogP contribution in [0, 0.1) is 0 Å². The van der Waals surface area contributed by atoms with Crippen LogP contribution in [0.15, 0.2) is 12.1 Å². The topological polar surface area (TPSA) is 66.4 Å². The van der Waals surface area contributed by atoms with Crippen LogP contribution in [0.3, 0.4) is 0 Å². The van der Waals surface area contributed by atoms with E-state index in [4.69, 9.17) is 5.11 Å². The summed E-state index contributed by atoms with van der Waals surface area (Å²) in [5.41, 5.74) is 0. The van der Waals surface area contributed by atoms with Crippen LogP contribution in [0.1, 0.15) is 47.2 Å². The Hall–Kier alpha value is -1.36. The second-order valence-corrected chi connectivity index (χ2v) is 5.25. The number of carboxylic acid groups (broad SMARTS) is 1. The van der Waals surface area contributed by atoms with Crippen molar-refractivity contribution in [2.24, 2.45) is 0 Å². The lowest BCUT2D eigenvalue weighted by molar-refractivity contribution is -0.137. The van der Waals surface area contributed by atoms with Gasteiger partial charge in [0.1, 0.15) is 0 Å². The minimum absolute atomic E-state index is 0.0297. The van der Waals surface area contributed by atoms with Crippen molar-refractivity contribution >= 4 is 23.2 Å². The maximum Gasteiger partial charge on any atom is 0.303 e. The second-order valence-electron chi connectivity index (χ2n) is 4.08. The maximum absolute atomic E-state index is 11.7. The van der Waals surface area contributed by atoms with Crippen molar-refractivity contribution in [2.75, 3.05) is 6.54 Å². The highest BCUT2D eigenvalue weighted by atomic mass is 32.1. The molecule has 0 aliphatic rings. The molecule has 1 aromatic heterocycles. The van der Waals surface area contributed by atoms with Gasteiger partial charge >= 0.3 is 5.97 Å². The monoisotopic (exact) mass is 269 g/mol. The van der Waals surface area contributed by atoms with Gasteiger partial charge in [-0.1, -0.05) is 13.3 Å². The van der Waals surface area contributed by atoms with Crippen LogP contribution in [-0.4, -0.2) is 23.5 Å². The number of rotatable bonds is 8. The van der Waals surface area contributed by atoms with Crippen molar-refractivity contribution < 1.29 is 14.7 Å². The van der Waals surface area contributed by atoms with Crippen molar-refractivity contribution in [1.29, 1.82) is 0 Å². The number of thiophene rings is 1. The van der Waals surface area contributed by atoms with Crippen molar-refractivity contribution in [2.45, 2.75) is 39.0 Å². The average molecular weight is 269 g/mol. The highest BCUT2D eigenvalue weighted by Gasteiger charge is 2.07. The van der Waals surface area contributed by atoms with E-state index in [2.05, 4.69) is 12.2 Å². The van der Waals surface area contributed by atoms with Gasteiger partial charge in [0.05, 0.1) is 4.88 Å². The summed E-state index contributed by atoms with van der Waals surface area (Å²) in [7, 11) is 0. The standard InChI is InChI=1S/C13H19NO3S/c1-2-10-7-8-11(18-10)13(17)14-9-5-3-4-6-12(15)16/h7-8H,2-6,9H2,1H3,(H,14,17)(H,15,16). The van der Waals surface area contributed by atoms with E-state index in [9.17, 15) is 9.59 Å². The third-order valence-electron chi connectivity index (χ3n) is 2.59. The van der Waals surface area contributed by atoms with E-state index < -0.39 is 5.97 Å². The first-order valence-electron chi connectivity index (χ1n) is 6.22. The quantitative estimate of drug-likeness (QED) is 0.713. The molecule has 0 aliphatic carbocycles. The molecule has 0 atom stereocenters. The third-order valence-corrected chi connectivity index (χ3v) is 3.82. The van der Waals surface area contributed by atoms with Gasteiger partial charge in [-0.25, -0.2) is 0 Å². The molecular formula is C13H19NO3S. The molecular weight excluding hydrogens is 250 g/mol. The fourth-order valence-corrected chi connectivity index (χ4v) is 2.42. The molecule has 4 nitrogen and oxygen atoms in total. The molecule has 0 radical (unpaired) electrons. The molecule has 0 unspecified atom stereocenters. The lowest BCUT2D eigenvalue weighted by Crippen LogP contribution is -2.23. The Balaban J connectivity index is 2.15. The van der Waals surface area contributed by atoms with Crippen molar-refractivity contribution in [3.8, 4) is 0 Å². The number of carboxylic acids is 1. The van der Waals surface area contributed by atoms with E-state index in [-0.39, 0.29) is 12.3 Å². The summed E-state index contributed by atoms with van der Waals surface area (Å²) in [6.07, 6.45) is 3.48. The van der Waals surface area contributed by atoms with Crippen LogP contribution in [0.25, 0.3) is 0 Å². The lowest BCUT2D eigenvalue weighted by Gasteiger charge is -2.02. The van der Waals surface area contributed by atoms with Crippen LogP contribution < -0.4 is 5.32 Å². The Morgan fingerprint density at radius 2 is 2.06 bits per heavy atom. The molecule has 5 heteroatoms. The number of hydrogen-bond donors (Lipinski definition) is 2. The molecule has 18 heavy (non-hydrogen) atoms. The molecule has 0 spiro atoms. The molecule has 1 amide bonds. The third kappa shape index (κ3) is 5.31. The summed E-state index contributed by atoms with van der Waals surface area (Å²) in [4.78, 5) is 24.0. The first kappa shape index (κ1) is 14.7. The maximum atomic E-state index is 11.7. The van der Waals surface area contributed by atoms with Gasteiger partial charge in [-0.05, 0) is 31.4 Å². The van der Waals surface area contributed by atoms with E-state index in [1.54, 1.807) is 0 Å². The summed E-state index contributed by atoms with van der Waals surface area (Å²) >= 11 is 1.52. The highest BCUT2D eigenvalue weighted by molar-refractivity contribution is 7.14. The zero-order valence-electron chi connectivity index (χ0n) is 10.6. The van der Waals surface area contributed by atoms with E-state index in [1.807, 2.05) is 12.1 Å². The summed E-state index contributed by atoms with van der Waals surface area (Å²) in [5, 5.41) is 11.3. The van der Waals surface area contributed by atoms with Crippen LogP contribution in [-0.2, 0) is 11.2 Å². The fraction of sp³-hybridized carbons (Fsp3) is 0.538. The Labute approximate surface area is 111 Å². The van der Waals surface area contributed by atoms with Gasteiger partial charge in [0.15, 0.2) is 0 Å². The van der Waals surface area contributed by atoms with Crippen molar-refractivity contribution in [3.05, 3.63) is 21.9 Å². The predicted molar refractivity (Wildman–Crippen MR) is 72.1 cm³/mol. The van der Waals surface area contributed by atoms with Gasteiger partial charge in [0.2, 0.25) is 0 Å². The smallest absolute Gasteiger partial charge is 0.303 e. The summed E-state index contributed by atoms with van der Waals surface area (Å²) in [5.74, 6) is -0.789. The summed E-state index contributed by atoms with van der Waals surface area (Å²) in [6.45, 7) is 2.67. The average Bonchev–Trinajstić information content (AvgIpc) is 2.81. The minimum Gasteiger partial charge on any atom is -0.481 e. The Morgan fingerprint density at radius 3 is 2.67 bits per heavy atom. The molecule has 0 saturated carbocycles. The molecule has 0 aliphatic heterocycles. The van der Waals surface area contributed by atoms with Gasteiger partial charge in [-0.3, -0.25) is 9.59 Å². The molecule has 0 saturated heterocycles. The summed E-state index contributed by atoms with van der Waals surface area (Å²) in [6, 6.07) is 3.83. The predicted octanol–water partition coefficient (Wildman–Crippen LogP) is 2.69. The zero-order valence-corrected chi connectivity index (χ0v) is 11.4. The number of carbonyl (C=O) groups excluding carboxylic acids is 1. The number of hydrogen-bond acceptors (Lipinski definition) is 3. The minimum atomic E-state index is -0.760. The largest absolute Gasteiger partial charge is 0.481 e. The second kappa shape index (κ2) is 7.87. The zero-order chi connectivity index (χ0) is 13.4. The SMILES string of the molecule is CCc1ccc(C(=O)NCCCCCC(=O)O)s1. The first-order chi connectivity index (χ1) is 8.63. The highest BCUT2D eigenvalue weighted by Crippen LogP contribution is 2.16. The van der Waals surface area contributed by atoms with Gasteiger partial charge in [-0.2, -0.15) is 0 Å². The molecule has 100 valence electrons. The van der Waals surface area contributed by atoms with E-state index in [1.165, 1.54) is 16.2 Å². The van der Waals surface area contributed by atoms with E-state index in [0.29, 0.717) is 13.0 Å². The van der Waals surface area contributed by atoms with Crippen molar-refractivity contribution in [1.82, 2.24) is 5.32 Å². The van der Waals surface area contributed by atoms with Crippen molar-refractivity contribution in [3.63, 3.8) is 0 Å². The van der Waals surface area contributed by atoms with Gasteiger partial charge in [-0.15, -0.1) is 11.3 Å². The molecule has 0 bridgehead atoms. The van der Waals surface area contributed by atoms with E-state index >= 15 is 0 Å². The van der Waals surface area contributed by atoms with Crippen LogP contribution >= 0.6 is 11.3 Å². The molecule has 1 aromatic rings. The van der Waals surface area contributed by atoms with E-state index in [0.717, 1.165) is 24.1 Å². The molecule has 0 fully saturated rings. The Morgan fingerprint density at radius 1 is 1.28 bits per heavy atom. The first-order valence-corrected chi connectivity index (χ1v) is 7.04. The Bertz CT molecular complexity index is 401. The Kier molecular flexibility index (Phi) is 6.43. The van der Waals surface area contributed by atoms with Gasteiger partial charge < -0.3 is 10.4 Å². The van der Waals surface area contributed by atoms with Crippen LogP contribution in [0.2, 0.25) is 0 Å². The lowest BCUT2D eigenvalue weighted by atomic mass is 10.2. The molecule has 2 N–H and O–H groups in total. The normalized spacial score (nSPS) is 10.3. The van der Waals surface area contributed by atoms with Crippen LogP contribution in [0.4, 0.5) is 0 Å². The van der Waals surface area contributed by atoms with Crippen LogP contribution in [0.5, 0.6) is 0 Å². The molecule has 0 aromatic carbocycles. The number of amides is 1. The number of nitrogens with one attached hydrogen (secondary N) is 1. The van der Waals surface area contributed by atoms with Gasteiger partial charge in [0.25, 0.3) is 5.91 Å². The number of aliphatic carboxylic acids is 1.